The number of hydrogen-bond acceptors (Lipinski definition) is 3. The van der Waals surface area contributed by atoms with Crippen LogP contribution in [-0.2, 0) is 16.1 Å². The van der Waals surface area contributed by atoms with E-state index in [4.69, 9.17) is 4.74 Å². The van der Waals surface area contributed by atoms with Gasteiger partial charge in [-0.1, -0.05) is 0 Å². The average molecular weight is 235 g/mol. The Morgan fingerprint density at radius 3 is 3.29 bits per heavy atom. The van der Waals surface area contributed by atoms with E-state index in [1.165, 1.54) is 0 Å². The fourth-order valence-corrected chi connectivity index (χ4v) is 2.72. The lowest BCUT2D eigenvalue weighted by Crippen LogP contribution is -2.54. The van der Waals surface area contributed by atoms with E-state index in [2.05, 4.69) is 10.4 Å². The summed E-state index contributed by atoms with van der Waals surface area (Å²) in [6, 6.07) is 0.312. The summed E-state index contributed by atoms with van der Waals surface area (Å²) in [4.78, 5) is 11.8. The number of nitrogens with zero attached hydrogens (tertiary/aromatic N) is 2. The van der Waals surface area contributed by atoms with Crippen LogP contribution in [-0.4, -0.2) is 34.4 Å². The largest absolute Gasteiger partial charge is 0.378 e. The maximum Gasteiger partial charge on any atom is 0.241 e. The highest BCUT2D eigenvalue weighted by Crippen LogP contribution is 2.38. The van der Waals surface area contributed by atoms with Crippen LogP contribution in [0.1, 0.15) is 18.4 Å². The molecule has 5 heteroatoms. The molecule has 17 heavy (non-hydrogen) atoms. The van der Waals surface area contributed by atoms with E-state index in [0.717, 1.165) is 25.0 Å². The van der Waals surface area contributed by atoms with Crippen molar-refractivity contribution in [3.8, 4) is 0 Å². The lowest BCUT2D eigenvalue weighted by molar-refractivity contribution is -0.124. The van der Waals surface area contributed by atoms with Crippen molar-refractivity contribution in [2.75, 3.05) is 6.61 Å². The summed E-state index contributed by atoms with van der Waals surface area (Å²) in [5, 5.41) is 7.17. The highest BCUT2D eigenvalue weighted by Gasteiger charge is 2.45. The van der Waals surface area contributed by atoms with Gasteiger partial charge in [0.2, 0.25) is 5.91 Å². The zero-order valence-electron chi connectivity index (χ0n) is 9.93. The van der Waals surface area contributed by atoms with Crippen LogP contribution in [0.5, 0.6) is 0 Å². The molecule has 0 bridgehead atoms. The molecule has 0 aromatic carbocycles. The Morgan fingerprint density at radius 2 is 2.59 bits per heavy atom. The van der Waals surface area contributed by atoms with Gasteiger partial charge < -0.3 is 10.1 Å². The molecule has 1 amide bonds. The first kappa shape index (κ1) is 10.8. The number of hydrogen-bond donors (Lipinski definition) is 1. The van der Waals surface area contributed by atoms with E-state index in [0.29, 0.717) is 24.6 Å². The van der Waals surface area contributed by atoms with Crippen molar-refractivity contribution in [2.24, 2.45) is 5.92 Å². The smallest absolute Gasteiger partial charge is 0.241 e. The molecule has 1 saturated heterocycles. The first-order valence-corrected chi connectivity index (χ1v) is 6.12. The van der Waals surface area contributed by atoms with E-state index >= 15 is 0 Å². The topological polar surface area (TPSA) is 56.2 Å². The Kier molecular flexibility index (Phi) is 2.63. The number of aryl methyl sites for hydroxylation is 1. The molecule has 1 saturated carbocycles. The van der Waals surface area contributed by atoms with Crippen LogP contribution in [0.15, 0.2) is 12.4 Å². The number of fused-ring (bicyclic) bond motifs is 1. The summed E-state index contributed by atoms with van der Waals surface area (Å²) in [6.07, 6.45) is 6.08. The zero-order chi connectivity index (χ0) is 11.8. The van der Waals surface area contributed by atoms with E-state index in [1.807, 2.05) is 13.1 Å². The molecular formula is C12H17N3O2. The Hall–Kier alpha value is -1.36. The van der Waals surface area contributed by atoms with Crippen LogP contribution in [0.2, 0.25) is 0 Å². The molecule has 5 nitrogen and oxygen atoms in total. The second-order valence-electron chi connectivity index (χ2n) is 4.99. The molecule has 1 aliphatic heterocycles. The molecule has 3 atom stereocenters. The average Bonchev–Trinajstić information content (AvgIpc) is 2.82. The Morgan fingerprint density at radius 1 is 1.71 bits per heavy atom. The van der Waals surface area contributed by atoms with Crippen LogP contribution in [0.4, 0.5) is 0 Å². The third kappa shape index (κ3) is 2.07. The van der Waals surface area contributed by atoms with Crippen LogP contribution in [0.25, 0.3) is 0 Å². The third-order valence-corrected chi connectivity index (χ3v) is 3.68. The number of carbonyl (C=O) groups excluding carboxylic acids is 1. The summed E-state index contributed by atoms with van der Waals surface area (Å²) in [5.74, 6) is 0.585. The van der Waals surface area contributed by atoms with Gasteiger partial charge in [-0.15, -0.1) is 0 Å². The predicted octanol–water partition coefficient (Wildman–Crippen LogP) is 0.485. The molecule has 92 valence electrons. The lowest BCUT2D eigenvalue weighted by atomic mass is 9.76. The van der Waals surface area contributed by atoms with Crippen molar-refractivity contribution in [3.63, 3.8) is 0 Å². The summed E-state index contributed by atoms with van der Waals surface area (Å²) in [5.41, 5.74) is 1.07. The first-order valence-electron chi connectivity index (χ1n) is 6.12. The van der Waals surface area contributed by atoms with Crippen molar-refractivity contribution < 1.29 is 9.53 Å². The van der Waals surface area contributed by atoms with Crippen molar-refractivity contribution >= 4 is 5.91 Å². The minimum atomic E-state index is 0.0449. The van der Waals surface area contributed by atoms with Gasteiger partial charge >= 0.3 is 0 Å². The normalized spacial score (nSPS) is 30.8. The summed E-state index contributed by atoms with van der Waals surface area (Å²) in [6.45, 7) is 3.12. The van der Waals surface area contributed by atoms with Crippen LogP contribution < -0.4 is 5.32 Å². The van der Waals surface area contributed by atoms with Gasteiger partial charge in [0.05, 0.1) is 12.3 Å². The van der Waals surface area contributed by atoms with Crippen LogP contribution in [0, 0.1) is 12.8 Å². The highest BCUT2D eigenvalue weighted by molar-refractivity contribution is 5.76. The molecule has 0 unspecified atom stereocenters. The second-order valence-corrected chi connectivity index (χ2v) is 4.99. The standard InChI is InChI=1S/C12H17N3O2/c1-8-5-13-15(6-8)7-12(16)14-10-4-11-9(10)2-3-17-11/h5-6,9-11H,2-4,7H2,1H3,(H,14,16)/t9-,10+,11+/m1/s1. The van der Waals surface area contributed by atoms with Gasteiger partial charge in [0.25, 0.3) is 0 Å². The first-order chi connectivity index (χ1) is 8.22. The van der Waals surface area contributed by atoms with Gasteiger partial charge in [-0.2, -0.15) is 5.10 Å². The van der Waals surface area contributed by atoms with E-state index < -0.39 is 0 Å². The maximum absolute atomic E-state index is 11.8. The lowest BCUT2D eigenvalue weighted by Gasteiger charge is -2.39. The fraction of sp³-hybridized carbons (Fsp3) is 0.667. The summed E-state index contributed by atoms with van der Waals surface area (Å²) < 4.78 is 7.19. The predicted molar refractivity (Wildman–Crippen MR) is 61.4 cm³/mol. The van der Waals surface area contributed by atoms with Gasteiger partial charge in [0, 0.05) is 24.8 Å². The van der Waals surface area contributed by atoms with Gasteiger partial charge in [-0.25, -0.2) is 0 Å². The Labute approximate surface area is 100 Å². The zero-order valence-corrected chi connectivity index (χ0v) is 9.93. The number of ether oxygens (including phenoxy) is 1. The molecule has 1 aliphatic carbocycles. The van der Waals surface area contributed by atoms with Crippen LogP contribution >= 0.6 is 0 Å². The quantitative estimate of drug-likeness (QED) is 0.829. The van der Waals surface area contributed by atoms with Crippen molar-refractivity contribution in [1.29, 1.82) is 0 Å². The van der Waals surface area contributed by atoms with Gasteiger partial charge in [0.15, 0.2) is 0 Å². The van der Waals surface area contributed by atoms with Gasteiger partial charge in [0.1, 0.15) is 6.54 Å². The minimum absolute atomic E-state index is 0.0449. The molecule has 1 aromatic rings. The van der Waals surface area contributed by atoms with E-state index in [1.54, 1.807) is 10.9 Å². The van der Waals surface area contributed by atoms with E-state index in [-0.39, 0.29) is 5.91 Å². The Bertz CT molecular complexity index is 429. The highest BCUT2D eigenvalue weighted by atomic mass is 16.5. The SMILES string of the molecule is Cc1cnn(CC(=O)N[C@H]2C[C@@H]3OCC[C@H]23)c1. The Balaban J connectivity index is 1.51. The molecule has 2 aliphatic rings. The molecule has 0 radical (unpaired) electrons. The molecule has 2 heterocycles. The van der Waals surface area contributed by atoms with Gasteiger partial charge in [-0.05, 0) is 25.3 Å². The van der Waals surface area contributed by atoms with Gasteiger partial charge in [-0.3, -0.25) is 9.48 Å². The second kappa shape index (κ2) is 4.14. The number of rotatable bonds is 3. The molecule has 2 fully saturated rings. The molecule has 0 spiro atoms. The number of carbonyl (C=O) groups is 1. The number of aromatic nitrogens is 2. The number of nitrogens with one attached hydrogen (secondary N) is 1. The minimum Gasteiger partial charge on any atom is -0.378 e. The molecule has 3 rings (SSSR count). The fourth-order valence-electron chi connectivity index (χ4n) is 2.72. The molecular weight excluding hydrogens is 218 g/mol. The van der Waals surface area contributed by atoms with Crippen molar-refractivity contribution in [3.05, 3.63) is 18.0 Å². The monoisotopic (exact) mass is 235 g/mol. The van der Waals surface area contributed by atoms with E-state index in [9.17, 15) is 4.79 Å². The summed E-state index contributed by atoms with van der Waals surface area (Å²) >= 11 is 0. The molecule has 1 aromatic heterocycles. The van der Waals surface area contributed by atoms with Crippen molar-refractivity contribution in [1.82, 2.24) is 15.1 Å². The van der Waals surface area contributed by atoms with Crippen molar-refractivity contribution in [2.45, 2.75) is 38.5 Å². The maximum atomic E-state index is 11.8. The summed E-state index contributed by atoms with van der Waals surface area (Å²) in [7, 11) is 0. The number of amides is 1. The molecule has 1 N–H and O–H groups in total. The van der Waals surface area contributed by atoms with Crippen LogP contribution in [0.3, 0.4) is 0 Å². The third-order valence-electron chi connectivity index (χ3n) is 3.68.